The van der Waals surface area contributed by atoms with E-state index >= 15 is 0 Å². The quantitative estimate of drug-likeness (QED) is 0.798. The van der Waals surface area contributed by atoms with Crippen LogP contribution in [0.3, 0.4) is 0 Å². The van der Waals surface area contributed by atoms with Crippen molar-refractivity contribution in [1.29, 1.82) is 0 Å². The first-order chi connectivity index (χ1) is 7.95. The molecule has 5 heteroatoms. The molecule has 0 atom stereocenters. The van der Waals surface area contributed by atoms with E-state index in [0.29, 0.717) is 13.2 Å². The maximum Gasteiger partial charge on any atom is 0.289 e. The number of hydrogen-bond acceptors (Lipinski definition) is 4. The van der Waals surface area contributed by atoms with Crippen molar-refractivity contribution in [2.24, 2.45) is 0 Å². The molecule has 0 aliphatic carbocycles. The van der Waals surface area contributed by atoms with Gasteiger partial charge >= 0.3 is 0 Å². The Morgan fingerprint density at radius 1 is 1.35 bits per heavy atom. The molecule has 5 nitrogen and oxygen atoms in total. The van der Waals surface area contributed by atoms with Crippen LogP contribution in [0.15, 0.2) is 12.4 Å². The maximum atomic E-state index is 11.6. The van der Waals surface area contributed by atoms with Crippen LogP contribution in [0.25, 0.3) is 0 Å². The SMILES string of the molecule is COCCNC(=O)c1ncc(C(C)(C)C)cn1. The Morgan fingerprint density at radius 2 is 1.94 bits per heavy atom. The van der Waals surface area contributed by atoms with Crippen molar-refractivity contribution in [3.05, 3.63) is 23.8 Å². The summed E-state index contributed by atoms with van der Waals surface area (Å²) in [6, 6.07) is 0. The zero-order valence-electron chi connectivity index (χ0n) is 10.8. The van der Waals surface area contributed by atoms with Crippen LogP contribution in [0, 0.1) is 0 Å². The van der Waals surface area contributed by atoms with Crippen LogP contribution >= 0.6 is 0 Å². The average Bonchev–Trinajstić information content (AvgIpc) is 2.28. The highest BCUT2D eigenvalue weighted by atomic mass is 16.5. The first kappa shape index (κ1) is 13.6. The molecule has 94 valence electrons. The van der Waals surface area contributed by atoms with E-state index in [2.05, 4.69) is 36.1 Å². The van der Waals surface area contributed by atoms with Crippen LogP contribution in [0.1, 0.15) is 37.0 Å². The van der Waals surface area contributed by atoms with Crippen LogP contribution < -0.4 is 5.32 Å². The Kier molecular flexibility index (Phi) is 4.57. The average molecular weight is 237 g/mol. The second-order valence-corrected chi connectivity index (χ2v) is 4.79. The molecule has 0 saturated carbocycles. The highest BCUT2D eigenvalue weighted by Crippen LogP contribution is 2.19. The molecule has 1 aromatic rings. The van der Waals surface area contributed by atoms with Crippen LogP contribution in [-0.2, 0) is 10.2 Å². The standard InChI is InChI=1S/C12H19N3O2/c1-12(2,3)9-7-14-10(15-8-9)11(16)13-5-6-17-4/h7-8H,5-6H2,1-4H3,(H,13,16). The van der Waals surface area contributed by atoms with Gasteiger partial charge in [-0.2, -0.15) is 0 Å². The topological polar surface area (TPSA) is 64.1 Å². The summed E-state index contributed by atoms with van der Waals surface area (Å²) in [6.07, 6.45) is 3.39. The van der Waals surface area contributed by atoms with Crippen LogP contribution in [0.5, 0.6) is 0 Å². The predicted molar refractivity (Wildman–Crippen MR) is 64.9 cm³/mol. The maximum absolute atomic E-state index is 11.6. The van der Waals surface area contributed by atoms with Gasteiger partial charge in [-0.15, -0.1) is 0 Å². The Morgan fingerprint density at radius 3 is 2.41 bits per heavy atom. The van der Waals surface area contributed by atoms with Gasteiger partial charge in [0.2, 0.25) is 5.82 Å². The molecule has 0 saturated heterocycles. The van der Waals surface area contributed by atoms with Gasteiger partial charge in [0, 0.05) is 26.0 Å². The normalized spacial score (nSPS) is 11.3. The summed E-state index contributed by atoms with van der Waals surface area (Å²) in [7, 11) is 1.58. The third kappa shape index (κ3) is 4.11. The van der Waals surface area contributed by atoms with Gasteiger partial charge in [-0.3, -0.25) is 4.79 Å². The minimum absolute atomic E-state index is 0.00887. The van der Waals surface area contributed by atoms with Crippen LogP contribution in [0.4, 0.5) is 0 Å². The summed E-state index contributed by atoms with van der Waals surface area (Å²) in [5, 5.41) is 2.67. The van der Waals surface area contributed by atoms with Crippen molar-refractivity contribution in [3.8, 4) is 0 Å². The Hall–Kier alpha value is -1.49. The lowest BCUT2D eigenvalue weighted by Gasteiger charge is -2.17. The number of aromatic nitrogens is 2. The van der Waals surface area contributed by atoms with Gasteiger partial charge in [-0.05, 0) is 11.0 Å². The van der Waals surface area contributed by atoms with Crippen molar-refractivity contribution in [3.63, 3.8) is 0 Å². The minimum atomic E-state index is -0.275. The number of amides is 1. The van der Waals surface area contributed by atoms with Crippen molar-refractivity contribution in [1.82, 2.24) is 15.3 Å². The fourth-order valence-corrected chi connectivity index (χ4v) is 1.18. The number of nitrogens with one attached hydrogen (secondary N) is 1. The van der Waals surface area contributed by atoms with E-state index in [0.717, 1.165) is 5.56 Å². The van der Waals surface area contributed by atoms with Gasteiger partial charge in [0.1, 0.15) is 0 Å². The highest BCUT2D eigenvalue weighted by molar-refractivity contribution is 5.90. The van der Waals surface area contributed by atoms with Gasteiger partial charge in [0.15, 0.2) is 0 Å². The van der Waals surface area contributed by atoms with Gasteiger partial charge in [0.25, 0.3) is 5.91 Å². The molecule has 0 aliphatic heterocycles. The van der Waals surface area contributed by atoms with Crippen molar-refractivity contribution in [2.75, 3.05) is 20.3 Å². The second kappa shape index (κ2) is 5.72. The highest BCUT2D eigenvalue weighted by Gasteiger charge is 2.16. The first-order valence-electron chi connectivity index (χ1n) is 5.55. The Balaban J connectivity index is 2.64. The van der Waals surface area contributed by atoms with E-state index in [-0.39, 0.29) is 17.1 Å². The summed E-state index contributed by atoms with van der Waals surface area (Å²) in [6.45, 7) is 7.16. The van der Waals surface area contributed by atoms with Gasteiger partial charge in [0.05, 0.1) is 6.61 Å². The molecule has 1 aromatic heterocycles. The van der Waals surface area contributed by atoms with E-state index < -0.39 is 0 Å². The summed E-state index contributed by atoms with van der Waals surface area (Å²) in [5.74, 6) is -0.0865. The second-order valence-electron chi connectivity index (χ2n) is 4.79. The minimum Gasteiger partial charge on any atom is -0.383 e. The number of carbonyl (C=O) groups excluding carboxylic acids is 1. The molecule has 0 fully saturated rings. The lowest BCUT2D eigenvalue weighted by atomic mass is 9.89. The Labute approximate surface area is 102 Å². The predicted octanol–water partition coefficient (Wildman–Crippen LogP) is 1.15. The number of ether oxygens (including phenoxy) is 1. The molecule has 1 rings (SSSR count). The number of methoxy groups -OCH3 is 1. The monoisotopic (exact) mass is 237 g/mol. The summed E-state index contributed by atoms with van der Waals surface area (Å²) in [4.78, 5) is 19.7. The molecule has 0 bridgehead atoms. The molecule has 0 spiro atoms. The molecule has 0 aliphatic rings. The van der Waals surface area contributed by atoms with Gasteiger partial charge < -0.3 is 10.1 Å². The summed E-state index contributed by atoms with van der Waals surface area (Å²) < 4.78 is 4.84. The van der Waals surface area contributed by atoms with Crippen molar-refractivity contribution in [2.45, 2.75) is 26.2 Å². The molecular weight excluding hydrogens is 218 g/mol. The smallest absolute Gasteiger partial charge is 0.289 e. The molecule has 0 unspecified atom stereocenters. The van der Waals surface area contributed by atoms with Crippen LogP contribution in [-0.4, -0.2) is 36.1 Å². The molecule has 1 amide bonds. The van der Waals surface area contributed by atoms with Gasteiger partial charge in [-0.1, -0.05) is 20.8 Å². The zero-order valence-corrected chi connectivity index (χ0v) is 10.8. The number of hydrogen-bond donors (Lipinski definition) is 1. The largest absolute Gasteiger partial charge is 0.383 e. The van der Waals surface area contributed by atoms with Crippen LogP contribution in [0.2, 0.25) is 0 Å². The summed E-state index contributed by atoms with van der Waals surface area (Å²) >= 11 is 0. The summed E-state index contributed by atoms with van der Waals surface area (Å²) in [5.41, 5.74) is 0.997. The van der Waals surface area contributed by atoms with E-state index in [9.17, 15) is 4.79 Å². The molecule has 0 radical (unpaired) electrons. The number of nitrogens with zero attached hydrogens (tertiary/aromatic N) is 2. The molecule has 1 heterocycles. The van der Waals surface area contributed by atoms with E-state index in [1.807, 2.05) is 0 Å². The molecular formula is C12H19N3O2. The van der Waals surface area contributed by atoms with Crippen molar-refractivity contribution >= 4 is 5.91 Å². The van der Waals surface area contributed by atoms with E-state index in [4.69, 9.17) is 4.74 Å². The first-order valence-corrected chi connectivity index (χ1v) is 5.55. The number of rotatable bonds is 4. The van der Waals surface area contributed by atoms with Gasteiger partial charge in [-0.25, -0.2) is 9.97 Å². The lowest BCUT2D eigenvalue weighted by molar-refractivity contribution is 0.0926. The fraction of sp³-hybridized carbons (Fsp3) is 0.583. The molecule has 0 aromatic carbocycles. The number of carbonyl (C=O) groups is 1. The van der Waals surface area contributed by atoms with Crippen molar-refractivity contribution < 1.29 is 9.53 Å². The van der Waals surface area contributed by atoms with E-state index in [1.165, 1.54) is 0 Å². The third-order valence-electron chi connectivity index (χ3n) is 2.31. The third-order valence-corrected chi connectivity index (χ3v) is 2.31. The molecule has 1 N–H and O–H groups in total. The lowest BCUT2D eigenvalue weighted by Crippen LogP contribution is -2.28. The molecule has 17 heavy (non-hydrogen) atoms. The zero-order chi connectivity index (χ0) is 12.9. The Bertz CT molecular complexity index is 368. The fourth-order valence-electron chi connectivity index (χ4n) is 1.18. The van der Waals surface area contributed by atoms with E-state index in [1.54, 1.807) is 19.5 Å².